The van der Waals surface area contributed by atoms with Gasteiger partial charge in [-0.1, -0.05) is 19.8 Å². The van der Waals surface area contributed by atoms with Gasteiger partial charge < -0.3 is 10.1 Å². The topological polar surface area (TPSA) is 92.8 Å². The normalized spacial score (nSPS) is 25.5. The number of nitrogens with zero attached hydrogens (tertiary/aromatic N) is 1. The Bertz CT molecular complexity index is 764. The number of carbonyl (C=O) groups excluding carboxylic acids is 4. The van der Waals surface area contributed by atoms with Gasteiger partial charge in [-0.3, -0.25) is 19.3 Å². The fraction of sp³-hybridized carbons (Fsp3) is 0.529. The van der Waals surface area contributed by atoms with E-state index >= 15 is 0 Å². The summed E-state index contributed by atoms with van der Waals surface area (Å²) in [5.41, 5.74) is -0.908. The summed E-state index contributed by atoms with van der Waals surface area (Å²) in [5, 5.41) is 2.78. The molecule has 7 nitrogen and oxygen atoms in total. The summed E-state index contributed by atoms with van der Waals surface area (Å²) in [6.45, 7) is 1.04. The minimum Gasteiger partial charge on any atom is -0.456 e. The van der Waals surface area contributed by atoms with E-state index in [0.717, 1.165) is 27.9 Å². The molecule has 1 aliphatic carbocycles. The highest BCUT2D eigenvalue weighted by Crippen LogP contribution is 2.38. The van der Waals surface area contributed by atoms with Crippen molar-refractivity contribution in [3.8, 4) is 0 Å². The molecule has 1 aromatic heterocycles. The molecule has 0 aromatic carbocycles. The Kier molecular flexibility index (Phi) is 5.47. The number of hydrogen-bond donors (Lipinski definition) is 1. The summed E-state index contributed by atoms with van der Waals surface area (Å²) in [6, 6.07) is 2.79. The van der Waals surface area contributed by atoms with Crippen LogP contribution in [0.4, 0.5) is 4.79 Å². The molecular weight excluding hydrogens is 424 g/mol. The fourth-order valence-electron chi connectivity index (χ4n) is 3.50. The molecule has 2 fully saturated rings. The Hall–Kier alpha value is -1.74. The van der Waals surface area contributed by atoms with Crippen molar-refractivity contribution in [2.75, 3.05) is 13.2 Å². The number of nitrogens with one attached hydrogen (secondary N) is 1. The highest BCUT2D eigenvalue weighted by Gasteiger charge is 2.55. The molecule has 26 heavy (non-hydrogen) atoms. The molecule has 2 aliphatic rings. The molecular formula is C17H19BrN2O5S. The highest BCUT2D eigenvalue weighted by molar-refractivity contribution is 9.11. The van der Waals surface area contributed by atoms with Crippen molar-refractivity contribution in [1.82, 2.24) is 10.2 Å². The second-order valence-electron chi connectivity index (χ2n) is 6.63. The molecule has 2 atom stereocenters. The van der Waals surface area contributed by atoms with Crippen LogP contribution in [-0.4, -0.2) is 47.3 Å². The van der Waals surface area contributed by atoms with Gasteiger partial charge in [-0.05, 0) is 46.8 Å². The lowest BCUT2D eigenvalue weighted by molar-refractivity contribution is -0.147. The summed E-state index contributed by atoms with van der Waals surface area (Å²) in [7, 11) is 0. The molecule has 0 radical (unpaired) electrons. The summed E-state index contributed by atoms with van der Waals surface area (Å²) >= 11 is 4.50. The van der Waals surface area contributed by atoms with E-state index in [9.17, 15) is 19.2 Å². The van der Waals surface area contributed by atoms with Crippen LogP contribution in [0.5, 0.6) is 0 Å². The van der Waals surface area contributed by atoms with Crippen LogP contribution in [0.3, 0.4) is 0 Å². The Balaban J connectivity index is 1.58. The number of ketones is 1. The zero-order valence-electron chi connectivity index (χ0n) is 14.2. The highest BCUT2D eigenvalue weighted by atomic mass is 79.9. The number of rotatable bonds is 5. The van der Waals surface area contributed by atoms with E-state index in [4.69, 9.17) is 4.74 Å². The summed E-state index contributed by atoms with van der Waals surface area (Å²) in [4.78, 5) is 50.3. The predicted octanol–water partition coefficient (Wildman–Crippen LogP) is 2.74. The zero-order chi connectivity index (χ0) is 18.9. The first-order valence-electron chi connectivity index (χ1n) is 8.42. The summed E-state index contributed by atoms with van der Waals surface area (Å²) in [6.07, 6.45) is 3.32. The lowest BCUT2D eigenvalue weighted by Crippen LogP contribution is -2.54. The number of thiophene rings is 1. The summed E-state index contributed by atoms with van der Waals surface area (Å²) in [5.74, 6) is -1.46. The maximum Gasteiger partial charge on any atom is 0.326 e. The van der Waals surface area contributed by atoms with Crippen molar-refractivity contribution in [3.63, 3.8) is 0 Å². The van der Waals surface area contributed by atoms with Crippen LogP contribution in [0.2, 0.25) is 0 Å². The van der Waals surface area contributed by atoms with Crippen LogP contribution < -0.4 is 5.32 Å². The summed E-state index contributed by atoms with van der Waals surface area (Å²) < 4.78 is 5.76. The molecule has 1 aliphatic heterocycles. The second kappa shape index (κ2) is 7.48. The quantitative estimate of drug-likeness (QED) is 0.429. The zero-order valence-corrected chi connectivity index (χ0v) is 16.7. The first-order valence-corrected chi connectivity index (χ1v) is 10.0. The van der Waals surface area contributed by atoms with Crippen LogP contribution >= 0.6 is 27.3 Å². The van der Waals surface area contributed by atoms with Crippen molar-refractivity contribution in [1.29, 1.82) is 0 Å². The van der Waals surface area contributed by atoms with E-state index in [2.05, 4.69) is 21.2 Å². The molecule has 2 heterocycles. The maximum atomic E-state index is 12.8. The minimum atomic E-state index is -0.908. The van der Waals surface area contributed by atoms with E-state index in [1.807, 2.05) is 6.92 Å². The Morgan fingerprint density at radius 1 is 1.38 bits per heavy atom. The Morgan fingerprint density at radius 3 is 2.81 bits per heavy atom. The molecule has 140 valence electrons. The van der Waals surface area contributed by atoms with Crippen LogP contribution in [0.15, 0.2) is 15.9 Å². The average molecular weight is 443 g/mol. The van der Waals surface area contributed by atoms with Gasteiger partial charge in [-0.25, -0.2) is 4.79 Å². The fourth-order valence-corrected chi connectivity index (χ4v) is 4.81. The molecule has 1 saturated heterocycles. The molecule has 0 unspecified atom stereocenters. The van der Waals surface area contributed by atoms with Gasteiger partial charge in [0.05, 0.1) is 8.66 Å². The van der Waals surface area contributed by atoms with Crippen molar-refractivity contribution in [2.24, 2.45) is 5.92 Å². The molecule has 1 aromatic rings. The van der Waals surface area contributed by atoms with Crippen molar-refractivity contribution in [3.05, 3.63) is 20.8 Å². The van der Waals surface area contributed by atoms with Crippen LogP contribution in [0.25, 0.3) is 0 Å². The number of Topliss-reactive ketones (excluding diaryl/α,β-unsaturated/α-hetero) is 1. The monoisotopic (exact) mass is 442 g/mol. The number of imide groups is 1. The van der Waals surface area contributed by atoms with Gasteiger partial charge in [-0.15, -0.1) is 11.3 Å². The van der Waals surface area contributed by atoms with E-state index in [1.165, 1.54) is 11.3 Å². The van der Waals surface area contributed by atoms with Crippen LogP contribution in [-0.2, 0) is 14.3 Å². The molecule has 3 amide bonds. The van der Waals surface area contributed by atoms with Gasteiger partial charge in [0.25, 0.3) is 5.91 Å². The average Bonchev–Trinajstić information content (AvgIpc) is 3.13. The SMILES string of the molecule is C[C@H]1CCCC[C@]12NC(=O)N(CC(=O)OCC(=O)c1ccc(Br)s1)C2=O. The van der Waals surface area contributed by atoms with Gasteiger partial charge in [0.2, 0.25) is 5.78 Å². The third kappa shape index (κ3) is 3.55. The largest absolute Gasteiger partial charge is 0.456 e. The number of esters is 1. The molecule has 1 spiro atoms. The van der Waals surface area contributed by atoms with Crippen molar-refractivity contribution in [2.45, 2.75) is 38.1 Å². The van der Waals surface area contributed by atoms with E-state index in [1.54, 1.807) is 12.1 Å². The maximum absolute atomic E-state index is 12.8. The van der Waals surface area contributed by atoms with E-state index in [-0.39, 0.29) is 17.6 Å². The molecule has 3 rings (SSSR count). The number of urea groups is 1. The standard InChI is InChI=1S/C17H19BrN2O5S/c1-10-4-2-3-7-17(10)15(23)20(16(24)19-17)8-14(22)25-9-11(21)12-5-6-13(18)26-12/h5-6,10H,2-4,7-9H2,1H3,(H,19,24)/t10-,17-/m0/s1. The smallest absolute Gasteiger partial charge is 0.326 e. The molecule has 1 N–H and O–H groups in total. The van der Waals surface area contributed by atoms with Crippen molar-refractivity contribution >= 4 is 51.0 Å². The first-order chi connectivity index (χ1) is 12.3. The Labute approximate surface area is 163 Å². The van der Waals surface area contributed by atoms with E-state index in [0.29, 0.717) is 11.3 Å². The van der Waals surface area contributed by atoms with Gasteiger partial charge in [0.15, 0.2) is 6.61 Å². The van der Waals surface area contributed by atoms with Crippen molar-refractivity contribution < 1.29 is 23.9 Å². The number of halogens is 1. The van der Waals surface area contributed by atoms with Gasteiger partial charge >= 0.3 is 12.0 Å². The second-order valence-corrected chi connectivity index (χ2v) is 9.09. The van der Waals surface area contributed by atoms with Gasteiger partial charge in [0.1, 0.15) is 12.1 Å². The van der Waals surface area contributed by atoms with Crippen LogP contribution in [0, 0.1) is 5.92 Å². The lowest BCUT2D eigenvalue weighted by Gasteiger charge is -2.36. The lowest BCUT2D eigenvalue weighted by atomic mass is 9.73. The van der Waals surface area contributed by atoms with Crippen LogP contribution in [0.1, 0.15) is 42.3 Å². The third-order valence-corrected chi connectivity index (χ3v) is 6.67. The molecule has 0 bridgehead atoms. The van der Waals surface area contributed by atoms with Gasteiger partial charge in [0, 0.05) is 0 Å². The predicted molar refractivity (Wildman–Crippen MR) is 97.9 cm³/mol. The van der Waals surface area contributed by atoms with E-state index < -0.39 is 30.7 Å². The molecule has 9 heteroatoms. The number of amides is 3. The minimum absolute atomic E-state index is 0.0209. The first kappa shape index (κ1) is 19.0. The number of ether oxygens (including phenoxy) is 1. The number of hydrogen-bond acceptors (Lipinski definition) is 6. The Morgan fingerprint density at radius 2 is 2.15 bits per heavy atom. The third-order valence-electron chi connectivity index (χ3n) is 5.00. The molecule has 1 saturated carbocycles. The van der Waals surface area contributed by atoms with Gasteiger partial charge in [-0.2, -0.15) is 0 Å². The number of carbonyl (C=O) groups is 4.